The highest BCUT2D eigenvalue weighted by molar-refractivity contribution is 6.30. The molecule has 1 aliphatic heterocycles. The van der Waals surface area contributed by atoms with Crippen LogP contribution in [0.1, 0.15) is 45.2 Å². The number of amides is 1. The first-order chi connectivity index (χ1) is 15.6. The van der Waals surface area contributed by atoms with Crippen LogP contribution in [0.4, 0.5) is 4.79 Å². The second-order valence-electron chi connectivity index (χ2n) is 9.45. The van der Waals surface area contributed by atoms with Crippen LogP contribution in [0.15, 0.2) is 53.3 Å². The number of ether oxygens (including phenoxy) is 1. The Bertz CT molecular complexity index is 1190. The van der Waals surface area contributed by atoms with Crippen molar-refractivity contribution in [2.75, 3.05) is 13.1 Å². The van der Waals surface area contributed by atoms with Crippen LogP contribution in [0, 0.1) is 6.92 Å². The Balaban J connectivity index is 1.74. The van der Waals surface area contributed by atoms with E-state index in [4.69, 9.17) is 21.4 Å². The summed E-state index contributed by atoms with van der Waals surface area (Å²) in [4.78, 5) is 27.9. The molecule has 3 aromatic rings. The van der Waals surface area contributed by atoms with Gasteiger partial charge in [-0.1, -0.05) is 29.3 Å². The number of carbonyl (C=O) groups is 1. The normalized spacial score (nSPS) is 16.6. The third-order valence-corrected chi connectivity index (χ3v) is 5.84. The van der Waals surface area contributed by atoms with E-state index >= 15 is 0 Å². The molecule has 7 nitrogen and oxygen atoms in total. The smallest absolute Gasteiger partial charge is 0.410 e. The summed E-state index contributed by atoms with van der Waals surface area (Å²) < 4.78 is 8.68. The number of benzene rings is 2. The second kappa shape index (κ2) is 9.06. The van der Waals surface area contributed by atoms with E-state index < -0.39 is 5.60 Å². The van der Waals surface area contributed by atoms with Gasteiger partial charge in [-0.05, 0) is 76.9 Å². The monoisotopic (exact) mass is 468 g/mol. The van der Waals surface area contributed by atoms with Gasteiger partial charge < -0.3 is 9.64 Å². The van der Waals surface area contributed by atoms with Gasteiger partial charge in [0, 0.05) is 23.7 Å². The summed E-state index contributed by atoms with van der Waals surface area (Å²) in [7, 11) is 0. The molecule has 1 amide bonds. The molecule has 1 atom stereocenters. The maximum atomic E-state index is 13.6. The van der Waals surface area contributed by atoms with E-state index in [9.17, 15) is 9.59 Å². The molecule has 2 heterocycles. The van der Waals surface area contributed by atoms with Gasteiger partial charge in [-0.15, -0.1) is 5.10 Å². The third kappa shape index (κ3) is 5.14. The number of rotatable bonds is 3. The van der Waals surface area contributed by atoms with Crippen LogP contribution in [0.5, 0.6) is 0 Å². The first-order valence-corrected chi connectivity index (χ1v) is 11.5. The number of aryl methyl sites for hydroxylation is 1. The van der Waals surface area contributed by atoms with Crippen molar-refractivity contribution in [2.45, 2.75) is 52.2 Å². The Morgan fingerprint density at radius 2 is 1.76 bits per heavy atom. The summed E-state index contributed by atoms with van der Waals surface area (Å²) in [6, 6.07) is 14.8. The summed E-state index contributed by atoms with van der Waals surface area (Å²) in [6.45, 7) is 8.52. The number of piperidine rings is 1. The van der Waals surface area contributed by atoms with Crippen molar-refractivity contribution in [2.24, 2.45) is 0 Å². The molecule has 0 spiro atoms. The Hall–Kier alpha value is -3.06. The molecule has 174 valence electrons. The molecular weight excluding hydrogens is 440 g/mol. The molecule has 1 saturated heterocycles. The minimum Gasteiger partial charge on any atom is -0.444 e. The molecule has 1 fully saturated rings. The third-order valence-electron chi connectivity index (χ3n) is 5.59. The second-order valence-corrected chi connectivity index (χ2v) is 9.89. The molecular formula is C25H29ClN4O3. The van der Waals surface area contributed by atoms with Crippen LogP contribution in [-0.2, 0) is 4.74 Å². The first kappa shape index (κ1) is 23.1. The van der Waals surface area contributed by atoms with Gasteiger partial charge in [-0.3, -0.25) is 0 Å². The lowest BCUT2D eigenvalue weighted by Gasteiger charge is -2.33. The van der Waals surface area contributed by atoms with Crippen molar-refractivity contribution >= 4 is 17.7 Å². The summed E-state index contributed by atoms with van der Waals surface area (Å²) >= 11 is 6.08. The van der Waals surface area contributed by atoms with Crippen LogP contribution in [0.2, 0.25) is 5.02 Å². The lowest BCUT2D eigenvalue weighted by molar-refractivity contribution is 0.0165. The summed E-state index contributed by atoms with van der Waals surface area (Å²) in [5.41, 5.74) is 1.82. The van der Waals surface area contributed by atoms with E-state index in [-0.39, 0.29) is 17.8 Å². The number of carbonyl (C=O) groups excluding carboxylic acids is 1. The number of likely N-dealkylation sites (tertiary alicyclic amines) is 1. The zero-order valence-electron chi connectivity index (χ0n) is 19.4. The number of hydrogen-bond donors (Lipinski definition) is 0. The van der Waals surface area contributed by atoms with Gasteiger partial charge in [0.05, 0.1) is 11.7 Å². The molecule has 8 heteroatoms. The number of hydrogen-bond acceptors (Lipinski definition) is 4. The fourth-order valence-corrected chi connectivity index (χ4v) is 4.11. The molecule has 4 rings (SSSR count). The average Bonchev–Trinajstić information content (AvgIpc) is 3.11. The van der Waals surface area contributed by atoms with Crippen LogP contribution in [0.3, 0.4) is 0 Å². The average molecular weight is 469 g/mol. The predicted molar refractivity (Wildman–Crippen MR) is 129 cm³/mol. The highest BCUT2D eigenvalue weighted by atomic mass is 35.5. The molecule has 0 bridgehead atoms. The van der Waals surface area contributed by atoms with Gasteiger partial charge in [0.25, 0.3) is 0 Å². The predicted octanol–water partition coefficient (Wildman–Crippen LogP) is 5.23. The Labute approximate surface area is 198 Å². The first-order valence-electron chi connectivity index (χ1n) is 11.1. The summed E-state index contributed by atoms with van der Waals surface area (Å²) in [5.74, 6) is 0.537. The van der Waals surface area contributed by atoms with Crippen molar-refractivity contribution in [3.05, 3.63) is 69.6 Å². The fourth-order valence-electron chi connectivity index (χ4n) is 3.98. The van der Waals surface area contributed by atoms with E-state index in [2.05, 4.69) is 0 Å². The van der Waals surface area contributed by atoms with Crippen molar-refractivity contribution in [1.82, 2.24) is 19.2 Å². The fraction of sp³-hybridized carbons (Fsp3) is 0.400. The van der Waals surface area contributed by atoms with Crippen molar-refractivity contribution in [3.8, 4) is 17.1 Å². The van der Waals surface area contributed by atoms with E-state index in [0.29, 0.717) is 23.9 Å². The van der Waals surface area contributed by atoms with Crippen LogP contribution < -0.4 is 5.69 Å². The lowest BCUT2D eigenvalue weighted by atomic mass is 10.1. The minimum atomic E-state index is -0.574. The van der Waals surface area contributed by atoms with E-state index in [0.717, 1.165) is 29.7 Å². The lowest BCUT2D eigenvalue weighted by Crippen LogP contribution is -2.45. The van der Waals surface area contributed by atoms with Crippen molar-refractivity contribution in [1.29, 1.82) is 0 Å². The molecule has 2 aromatic carbocycles. The van der Waals surface area contributed by atoms with Gasteiger partial charge in [0.15, 0.2) is 5.82 Å². The molecule has 1 aliphatic rings. The molecule has 1 aromatic heterocycles. The maximum absolute atomic E-state index is 13.6. The Morgan fingerprint density at radius 1 is 1.09 bits per heavy atom. The highest BCUT2D eigenvalue weighted by Gasteiger charge is 2.31. The van der Waals surface area contributed by atoms with Gasteiger partial charge >= 0.3 is 11.8 Å². The number of halogens is 1. The SMILES string of the molecule is Cc1ccc(-n2c(-c3ccc(Cl)cc3)nn(C3CCCN(C(=O)OC(C)(C)C)C3)c2=O)cc1. The zero-order valence-corrected chi connectivity index (χ0v) is 20.2. The van der Waals surface area contributed by atoms with Crippen molar-refractivity contribution < 1.29 is 9.53 Å². The quantitative estimate of drug-likeness (QED) is 0.527. The van der Waals surface area contributed by atoms with Crippen LogP contribution in [0.25, 0.3) is 17.1 Å². The van der Waals surface area contributed by atoms with Gasteiger partial charge in [0.1, 0.15) is 5.60 Å². The maximum Gasteiger partial charge on any atom is 0.410 e. The molecule has 0 aliphatic carbocycles. The topological polar surface area (TPSA) is 69.4 Å². The minimum absolute atomic E-state index is 0.236. The molecule has 0 N–H and O–H groups in total. The van der Waals surface area contributed by atoms with Gasteiger partial charge in [-0.2, -0.15) is 0 Å². The molecule has 33 heavy (non-hydrogen) atoms. The Kier molecular flexibility index (Phi) is 6.34. The van der Waals surface area contributed by atoms with E-state index in [1.807, 2.05) is 64.1 Å². The zero-order chi connectivity index (χ0) is 23.8. The summed E-state index contributed by atoms with van der Waals surface area (Å²) in [6.07, 6.45) is 1.16. The van der Waals surface area contributed by atoms with Gasteiger partial charge in [-0.25, -0.2) is 18.8 Å². The Morgan fingerprint density at radius 3 is 2.39 bits per heavy atom. The number of nitrogens with zero attached hydrogens (tertiary/aromatic N) is 4. The standard InChI is InChI=1S/C25H29ClN4O3/c1-17-7-13-20(14-8-17)29-22(18-9-11-19(26)12-10-18)27-30(23(29)31)21-6-5-15-28(16-21)24(32)33-25(2,3)4/h7-14,21H,5-6,15-16H2,1-4H3. The molecule has 0 saturated carbocycles. The van der Waals surface area contributed by atoms with Crippen LogP contribution >= 0.6 is 11.6 Å². The largest absolute Gasteiger partial charge is 0.444 e. The molecule has 0 radical (unpaired) electrons. The van der Waals surface area contributed by atoms with E-state index in [1.165, 1.54) is 4.68 Å². The number of aromatic nitrogens is 3. The van der Waals surface area contributed by atoms with Crippen LogP contribution in [-0.4, -0.2) is 44.0 Å². The summed E-state index contributed by atoms with van der Waals surface area (Å²) in [5, 5.41) is 5.36. The van der Waals surface area contributed by atoms with Gasteiger partial charge in [0.2, 0.25) is 0 Å². The molecule has 1 unspecified atom stereocenters. The van der Waals surface area contributed by atoms with E-state index in [1.54, 1.807) is 21.6 Å². The van der Waals surface area contributed by atoms with Crippen molar-refractivity contribution in [3.63, 3.8) is 0 Å². The highest BCUT2D eigenvalue weighted by Crippen LogP contribution is 2.26.